The van der Waals surface area contributed by atoms with Crippen LogP contribution >= 0.6 is 15.9 Å². The number of amides is 1. The SMILES string of the molecule is CC(C)(C)OC(=O)NC(C)(C=O)c1ccccc1Br. The average Bonchev–Trinajstić information content (AvgIpc) is 2.26. The Kier molecular flexibility index (Phi) is 4.74. The number of carbonyl (C=O) groups is 2. The van der Waals surface area contributed by atoms with E-state index in [-0.39, 0.29) is 0 Å². The Labute approximate surface area is 121 Å². The monoisotopic (exact) mass is 327 g/mol. The fourth-order valence-electron chi connectivity index (χ4n) is 1.56. The highest BCUT2D eigenvalue weighted by Gasteiger charge is 2.31. The summed E-state index contributed by atoms with van der Waals surface area (Å²) in [5, 5.41) is 2.60. The number of carbonyl (C=O) groups excluding carboxylic acids is 2. The highest BCUT2D eigenvalue weighted by molar-refractivity contribution is 9.10. The van der Waals surface area contributed by atoms with E-state index in [2.05, 4.69) is 21.2 Å². The second kappa shape index (κ2) is 5.74. The van der Waals surface area contributed by atoms with Gasteiger partial charge in [-0.2, -0.15) is 0 Å². The van der Waals surface area contributed by atoms with Crippen LogP contribution in [0.3, 0.4) is 0 Å². The van der Waals surface area contributed by atoms with Crippen molar-refractivity contribution in [2.75, 3.05) is 0 Å². The van der Waals surface area contributed by atoms with Crippen LogP contribution in [0.4, 0.5) is 4.79 Å². The predicted octanol–water partition coefficient (Wildman–Crippen LogP) is 3.39. The molecule has 5 heteroatoms. The van der Waals surface area contributed by atoms with Gasteiger partial charge >= 0.3 is 6.09 Å². The van der Waals surface area contributed by atoms with E-state index < -0.39 is 17.2 Å². The first kappa shape index (κ1) is 15.7. The van der Waals surface area contributed by atoms with Gasteiger partial charge in [-0.15, -0.1) is 0 Å². The molecule has 1 N–H and O–H groups in total. The molecule has 0 aromatic heterocycles. The molecule has 0 saturated heterocycles. The summed E-state index contributed by atoms with van der Waals surface area (Å²) in [6.07, 6.45) is 0.0645. The minimum Gasteiger partial charge on any atom is -0.444 e. The molecule has 0 bridgehead atoms. The van der Waals surface area contributed by atoms with Gasteiger partial charge in [-0.3, -0.25) is 0 Å². The maximum absolute atomic E-state index is 11.8. The van der Waals surface area contributed by atoms with E-state index in [1.165, 1.54) is 0 Å². The Morgan fingerprint density at radius 2 is 1.84 bits per heavy atom. The lowest BCUT2D eigenvalue weighted by atomic mass is 9.94. The van der Waals surface area contributed by atoms with Crippen molar-refractivity contribution in [3.05, 3.63) is 34.3 Å². The summed E-state index contributed by atoms with van der Waals surface area (Å²) in [6, 6.07) is 7.23. The maximum Gasteiger partial charge on any atom is 0.408 e. The number of halogens is 1. The van der Waals surface area contributed by atoms with Crippen LogP contribution in [0.2, 0.25) is 0 Å². The van der Waals surface area contributed by atoms with Crippen molar-refractivity contribution in [1.29, 1.82) is 0 Å². The highest BCUT2D eigenvalue weighted by atomic mass is 79.9. The van der Waals surface area contributed by atoms with Crippen LogP contribution < -0.4 is 5.32 Å². The van der Waals surface area contributed by atoms with Gasteiger partial charge in [0.15, 0.2) is 0 Å². The maximum atomic E-state index is 11.8. The summed E-state index contributed by atoms with van der Waals surface area (Å²) >= 11 is 3.37. The molecule has 0 spiro atoms. The third kappa shape index (κ3) is 4.35. The molecule has 19 heavy (non-hydrogen) atoms. The normalized spacial score (nSPS) is 14.4. The largest absolute Gasteiger partial charge is 0.444 e. The van der Waals surface area contributed by atoms with Crippen molar-refractivity contribution < 1.29 is 14.3 Å². The third-order valence-electron chi connectivity index (χ3n) is 2.43. The second-order valence-corrected chi connectivity index (χ2v) is 6.28. The molecule has 1 amide bonds. The number of benzene rings is 1. The molecular formula is C14H18BrNO3. The molecule has 0 aliphatic carbocycles. The number of hydrogen-bond donors (Lipinski definition) is 1. The summed E-state index contributed by atoms with van der Waals surface area (Å²) in [5.74, 6) is 0. The summed E-state index contributed by atoms with van der Waals surface area (Å²) in [6.45, 7) is 6.93. The van der Waals surface area contributed by atoms with Gasteiger partial charge < -0.3 is 14.8 Å². The van der Waals surface area contributed by atoms with Crippen LogP contribution in [0, 0.1) is 0 Å². The quantitative estimate of drug-likeness (QED) is 0.866. The molecule has 1 aromatic carbocycles. The fourth-order valence-corrected chi connectivity index (χ4v) is 2.25. The highest BCUT2D eigenvalue weighted by Crippen LogP contribution is 2.27. The second-order valence-electron chi connectivity index (χ2n) is 5.43. The number of hydrogen-bond acceptors (Lipinski definition) is 3. The zero-order valence-corrected chi connectivity index (χ0v) is 13.1. The Hall–Kier alpha value is -1.36. The molecule has 1 atom stereocenters. The third-order valence-corrected chi connectivity index (χ3v) is 3.12. The molecule has 0 heterocycles. The first-order valence-corrected chi connectivity index (χ1v) is 6.70. The lowest BCUT2D eigenvalue weighted by molar-refractivity contribution is -0.113. The minimum atomic E-state index is -1.14. The molecule has 1 rings (SSSR count). The van der Waals surface area contributed by atoms with Crippen LogP contribution in [0.25, 0.3) is 0 Å². The molecule has 0 aliphatic rings. The van der Waals surface area contributed by atoms with Gasteiger partial charge in [0, 0.05) is 4.47 Å². The van der Waals surface area contributed by atoms with Crippen molar-refractivity contribution in [3.8, 4) is 0 Å². The Bertz CT molecular complexity index is 482. The van der Waals surface area contributed by atoms with E-state index in [1.54, 1.807) is 39.8 Å². The van der Waals surface area contributed by atoms with Crippen LogP contribution in [0.1, 0.15) is 33.3 Å². The smallest absolute Gasteiger partial charge is 0.408 e. The van der Waals surface area contributed by atoms with Crippen molar-refractivity contribution in [3.63, 3.8) is 0 Å². The zero-order valence-electron chi connectivity index (χ0n) is 11.5. The van der Waals surface area contributed by atoms with E-state index in [0.717, 1.165) is 4.47 Å². The van der Waals surface area contributed by atoms with Crippen LogP contribution in [-0.4, -0.2) is 18.0 Å². The van der Waals surface area contributed by atoms with Gasteiger partial charge in [0.05, 0.1) is 0 Å². The molecule has 0 aliphatic heterocycles. The van der Waals surface area contributed by atoms with Gasteiger partial charge in [0.2, 0.25) is 0 Å². The molecule has 4 nitrogen and oxygen atoms in total. The van der Waals surface area contributed by atoms with E-state index in [1.807, 2.05) is 12.1 Å². The van der Waals surface area contributed by atoms with Gasteiger partial charge in [-0.25, -0.2) is 4.79 Å². The first-order chi connectivity index (χ1) is 8.68. The average molecular weight is 328 g/mol. The van der Waals surface area contributed by atoms with E-state index in [4.69, 9.17) is 4.74 Å². The fraction of sp³-hybridized carbons (Fsp3) is 0.429. The molecule has 104 valence electrons. The number of rotatable bonds is 3. The number of alkyl carbamates (subject to hydrolysis) is 1. The summed E-state index contributed by atoms with van der Waals surface area (Å²) in [4.78, 5) is 23.2. The molecule has 1 aromatic rings. The Morgan fingerprint density at radius 3 is 2.32 bits per heavy atom. The van der Waals surface area contributed by atoms with Crippen molar-refractivity contribution in [1.82, 2.24) is 5.32 Å². The summed E-state index contributed by atoms with van der Waals surface area (Å²) in [7, 11) is 0. The van der Waals surface area contributed by atoms with E-state index in [0.29, 0.717) is 11.8 Å². The van der Waals surface area contributed by atoms with Gasteiger partial charge in [0.1, 0.15) is 17.4 Å². The molecule has 0 fully saturated rings. The Balaban J connectivity index is 2.97. The van der Waals surface area contributed by atoms with Crippen molar-refractivity contribution >= 4 is 28.3 Å². The molecule has 1 unspecified atom stereocenters. The minimum absolute atomic E-state index is 0.609. The van der Waals surface area contributed by atoms with Crippen LogP contribution in [0.15, 0.2) is 28.7 Å². The molecule has 0 radical (unpaired) electrons. The van der Waals surface area contributed by atoms with Gasteiger partial charge in [0.25, 0.3) is 0 Å². The zero-order chi connectivity index (χ0) is 14.7. The van der Waals surface area contributed by atoms with Crippen molar-refractivity contribution in [2.24, 2.45) is 0 Å². The summed E-state index contributed by atoms with van der Waals surface area (Å²) < 4.78 is 5.92. The lowest BCUT2D eigenvalue weighted by Crippen LogP contribution is -2.47. The number of aldehydes is 1. The predicted molar refractivity (Wildman–Crippen MR) is 76.9 cm³/mol. The van der Waals surface area contributed by atoms with Crippen LogP contribution in [0.5, 0.6) is 0 Å². The summed E-state index contributed by atoms with van der Waals surface area (Å²) in [5.41, 5.74) is -1.07. The number of nitrogens with one attached hydrogen (secondary N) is 1. The van der Waals surface area contributed by atoms with E-state index in [9.17, 15) is 9.59 Å². The standard InChI is InChI=1S/C14H18BrNO3/c1-13(2,3)19-12(18)16-14(4,9-17)10-7-5-6-8-11(10)15/h5-9H,1-4H3,(H,16,18). The molecule has 0 saturated carbocycles. The lowest BCUT2D eigenvalue weighted by Gasteiger charge is -2.28. The number of ether oxygens (including phenoxy) is 1. The topological polar surface area (TPSA) is 55.4 Å². The van der Waals surface area contributed by atoms with E-state index >= 15 is 0 Å². The van der Waals surface area contributed by atoms with Crippen LogP contribution in [-0.2, 0) is 15.1 Å². The first-order valence-electron chi connectivity index (χ1n) is 5.90. The Morgan fingerprint density at radius 1 is 1.26 bits per heavy atom. The van der Waals surface area contributed by atoms with Gasteiger partial charge in [-0.1, -0.05) is 34.1 Å². The van der Waals surface area contributed by atoms with Crippen molar-refractivity contribution in [2.45, 2.75) is 38.8 Å². The van der Waals surface area contributed by atoms with Gasteiger partial charge in [-0.05, 0) is 39.3 Å². The molecular weight excluding hydrogens is 310 g/mol.